The Morgan fingerprint density at radius 3 is 2.69 bits per heavy atom. The molecule has 0 aliphatic carbocycles. The van der Waals surface area contributed by atoms with Gasteiger partial charge in [0.05, 0.1) is 17.5 Å². The average molecular weight is 396 g/mol. The minimum absolute atomic E-state index is 0.0958. The van der Waals surface area contributed by atoms with E-state index in [-0.39, 0.29) is 24.7 Å². The second kappa shape index (κ2) is 8.51. The first kappa shape index (κ1) is 20.6. The number of nitrogens with one attached hydrogen (secondary N) is 1. The van der Waals surface area contributed by atoms with Crippen LogP contribution in [-0.4, -0.2) is 33.4 Å². The maximum Gasteiger partial charge on any atom is 0.258 e. The van der Waals surface area contributed by atoms with Crippen LogP contribution in [0.5, 0.6) is 11.6 Å². The first-order valence-electron chi connectivity index (χ1n) is 9.74. The van der Waals surface area contributed by atoms with Gasteiger partial charge in [-0.25, -0.2) is 9.67 Å². The second-order valence-corrected chi connectivity index (χ2v) is 7.52. The number of hydrogen-bond acceptors (Lipinski definition) is 5. The molecule has 7 nitrogen and oxygen atoms in total. The van der Waals surface area contributed by atoms with Crippen molar-refractivity contribution in [2.45, 2.75) is 46.8 Å². The number of rotatable bonds is 7. The number of carbonyl (C=O) groups is 1. The highest BCUT2D eigenvalue weighted by Crippen LogP contribution is 2.27. The molecule has 1 aromatic carbocycles. The number of nitrogens with zero attached hydrogens (tertiary/aromatic N) is 3. The Kier molecular flexibility index (Phi) is 6.06. The monoisotopic (exact) mass is 396 g/mol. The van der Waals surface area contributed by atoms with E-state index < -0.39 is 0 Å². The van der Waals surface area contributed by atoms with E-state index >= 15 is 0 Å². The van der Waals surface area contributed by atoms with Crippen LogP contribution in [0, 0.1) is 13.8 Å². The van der Waals surface area contributed by atoms with Gasteiger partial charge in [-0.2, -0.15) is 0 Å². The molecule has 1 amide bonds. The van der Waals surface area contributed by atoms with Gasteiger partial charge in [-0.1, -0.05) is 12.1 Å². The van der Waals surface area contributed by atoms with E-state index in [1.54, 1.807) is 4.68 Å². The molecular weight excluding hydrogens is 368 g/mol. The third kappa shape index (κ3) is 4.85. The van der Waals surface area contributed by atoms with E-state index in [1.807, 2.05) is 72.0 Å². The van der Waals surface area contributed by atoms with Crippen LogP contribution in [-0.2, 0) is 11.8 Å². The van der Waals surface area contributed by atoms with Crippen LogP contribution in [0.2, 0.25) is 0 Å². The van der Waals surface area contributed by atoms with Crippen molar-refractivity contribution in [3.8, 4) is 11.6 Å². The normalized spacial score (nSPS) is 12.2. The average Bonchev–Trinajstić information content (AvgIpc) is 2.95. The van der Waals surface area contributed by atoms with Gasteiger partial charge in [0.2, 0.25) is 5.88 Å². The molecule has 1 unspecified atom stereocenters. The molecule has 154 valence electrons. The molecule has 0 saturated carbocycles. The molecule has 3 aromatic rings. The maximum atomic E-state index is 12.4. The summed E-state index contributed by atoms with van der Waals surface area (Å²) < 4.78 is 13.1. The van der Waals surface area contributed by atoms with Crippen LogP contribution in [0.1, 0.15) is 43.6 Å². The smallest absolute Gasteiger partial charge is 0.258 e. The summed E-state index contributed by atoms with van der Waals surface area (Å²) in [6, 6.07) is 9.53. The van der Waals surface area contributed by atoms with Crippen LogP contribution in [0.15, 0.2) is 30.3 Å². The maximum absolute atomic E-state index is 12.4. The van der Waals surface area contributed by atoms with Crippen LogP contribution in [0.25, 0.3) is 11.0 Å². The standard InChI is InChI=1S/C22H28N4O3/c1-13(2)29-18-9-7-8-17(11-18)16(5)24-19(27)12-28-22-20-14(3)10-15(4)23-21(20)26(6)25-22/h7-11,13,16H,12H2,1-6H3,(H,24,27). The zero-order valence-corrected chi connectivity index (χ0v) is 17.8. The summed E-state index contributed by atoms with van der Waals surface area (Å²) in [5.41, 5.74) is 3.65. The van der Waals surface area contributed by atoms with Crippen molar-refractivity contribution in [1.82, 2.24) is 20.1 Å². The quantitative estimate of drug-likeness (QED) is 0.660. The molecule has 1 N–H and O–H groups in total. The first-order valence-corrected chi connectivity index (χ1v) is 9.74. The lowest BCUT2D eigenvalue weighted by atomic mass is 10.1. The summed E-state index contributed by atoms with van der Waals surface area (Å²) in [5, 5.41) is 8.16. The second-order valence-electron chi connectivity index (χ2n) is 7.52. The number of fused-ring (bicyclic) bond motifs is 1. The fourth-order valence-corrected chi connectivity index (χ4v) is 3.28. The predicted molar refractivity (Wildman–Crippen MR) is 112 cm³/mol. The van der Waals surface area contributed by atoms with Crippen LogP contribution in [0.4, 0.5) is 0 Å². The largest absolute Gasteiger partial charge is 0.491 e. The Labute approximate surface area is 171 Å². The molecular formula is C22H28N4O3. The minimum atomic E-state index is -0.218. The number of ether oxygens (including phenoxy) is 2. The van der Waals surface area contributed by atoms with Gasteiger partial charge in [0.15, 0.2) is 12.3 Å². The van der Waals surface area contributed by atoms with Crippen LogP contribution in [0.3, 0.4) is 0 Å². The summed E-state index contributed by atoms with van der Waals surface area (Å²) in [7, 11) is 1.81. The fraction of sp³-hybridized carbons (Fsp3) is 0.409. The van der Waals surface area contributed by atoms with Gasteiger partial charge in [-0.05, 0) is 63.9 Å². The molecule has 0 radical (unpaired) electrons. The predicted octanol–water partition coefficient (Wildman–Crippen LogP) is 3.63. The molecule has 7 heteroatoms. The Morgan fingerprint density at radius 1 is 1.21 bits per heavy atom. The summed E-state index contributed by atoms with van der Waals surface area (Å²) >= 11 is 0. The Morgan fingerprint density at radius 2 is 1.97 bits per heavy atom. The van der Waals surface area contributed by atoms with Crippen molar-refractivity contribution in [3.05, 3.63) is 47.2 Å². The van der Waals surface area contributed by atoms with E-state index in [4.69, 9.17) is 9.47 Å². The summed E-state index contributed by atoms with van der Waals surface area (Å²) in [4.78, 5) is 16.9. The van der Waals surface area contributed by atoms with Gasteiger partial charge in [-0.3, -0.25) is 4.79 Å². The minimum Gasteiger partial charge on any atom is -0.491 e. The van der Waals surface area contributed by atoms with Crippen molar-refractivity contribution in [1.29, 1.82) is 0 Å². The molecule has 0 aliphatic rings. The Bertz CT molecular complexity index is 1030. The summed E-state index contributed by atoms with van der Waals surface area (Å²) in [5.74, 6) is 0.986. The van der Waals surface area contributed by atoms with E-state index in [9.17, 15) is 4.79 Å². The zero-order valence-electron chi connectivity index (χ0n) is 17.8. The van der Waals surface area contributed by atoms with Crippen molar-refractivity contribution < 1.29 is 14.3 Å². The van der Waals surface area contributed by atoms with Gasteiger partial charge >= 0.3 is 0 Å². The summed E-state index contributed by atoms with van der Waals surface area (Å²) in [6.45, 7) is 9.70. The lowest BCUT2D eigenvalue weighted by Crippen LogP contribution is -2.31. The highest BCUT2D eigenvalue weighted by atomic mass is 16.5. The lowest BCUT2D eigenvalue weighted by Gasteiger charge is -2.16. The van der Waals surface area contributed by atoms with Gasteiger partial charge in [0, 0.05) is 12.7 Å². The number of hydrogen-bond donors (Lipinski definition) is 1. The van der Waals surface area contributed by atoms with Gasteiger partial charge < -0.3 is 14.8 Å². The van der Waals surface area contributed by atoms with Crippen molar-refractivity contribution in [3.63, 3.8) is 0 Å². The molecule has 29 heavy (non-hydrogen) atoms. The molecule has 0 bridgehead atoms. The van der Waals surface area contributed by atoms with Gasteiger partial charge in [0.1, 0.15) is 5.75 Å². The highest BCUT2D eigenvalue weighted by molar-refractivity contribution is 5.85. The highest BCUT2D eigenvalue weighted by Gasteiger charge is 2.17. The number of carbonyl (C=O) groups excluding carboxylic acids is 1. The molecule has 0 fully saturated rings. The molecule has 2 aromatic heterocycles. The van der Waals surface area contributed by atoms with Crippen molar-refractivity contribution >= 4 is 16.9 Å². The number of aromatic nitrogens is 3. The van der Waals surface area contributed by atoms with E-state index in [2.05, 4.69) is 15.4 Å². The number of benzene rings is 1. The molecule has 0 aliphatic heterocycles. The molecule has 0 spiro atoms. The Balaban J connectivity index is 1.65. The van der Waals surface area contributed by atoms with Crippen LogP contribution < -0.4 is 14.8 Å². The number of aryl methyl sites for hydroxylation is 3. The molecule has 2 heterocycles. The number of amides is 1. The third-order valence-corrected chi connectivity index (χ3v) is 4.53. The van der Waals surface area contributed by atoms with E-state index in [0.717, 1.165) is 33.6 Å². The third-order valence-electron chi connectivity index (χ3n) is 4.53. The van der Waals surface area contributed by atoms with Gasteiger partial charge in [-0.15, -0.1) is 5.10 Å². The van der Waals surface area contributed by atoms with Crippen molar-refractivity contribution in [2.75, 3.05) is 6.61 Å². The summed E-state index contributed by atoms with van der Waals surface area (Å²) in [6.07, 6.45) is 0.0958. The molecule has 0 saturated heterocycles. The van der Waals surface area contributed by atoms with Gasteiger partial charge in [0.25, 0.3) is 5.91 Å². The molecule has 3 rings (SSSR count). The van der Waals surface area contributed by atoms with Crippen molar-refractivity contribution in [2.24, 2.45) is 7.05 Å². The topological polar surface area (TPSA) is 78.3 Å². The number of pyridine rings is 1. The lowest BCUT2D eigenvalue weighted by molar-refractivity contribution is -0.123. The fourth-order valence-electron chi connectivity index (χ4n) is 3.28. The molecule has 1 atom stereocenters. The zero-order chi connectivity index (χ0) is 21.1. The SMILES string of the molecule is Cc1cc(C)c2c(OCC(=O)NC(C)c3cccc(OC(C)C)c3)nn(C)c2n1. The van der Waals surface area contributed by atoms with E-state index in [1.165, 1.54) is 0 Å². The van der Waals surface area contributed by atoms with Crippen LogP contribution >= 0.6 is 0 Å². The van der Waals surface area contributed by atoms with E-state index in [0.29, 0.717) is 5.88 Å². The Hall–Kier alpha value is -3.09. The first-order chi connectivity index (χ1) is 13.7.